The summed E-state index contributed by atoms with van der Waals surface area (Å²) in [5.74, 6) is -0.560. The quantitative estimate of drug-likeness (QED) is 0.543. The van der Waals surface area contributed by atoms with E-state index in [1.54, 1.807) is 54.3 Å². The van der Waals surface area contributed by atoms with E-state index in [4.69, 9.17) is 4.74 Å². The number of aryl methyl sites for hydroxylation is 1. The van der Waals surface area contributed by atoms with Crippen LogP contribution in [0.2, 0.25) is 0 Å². The lowest BCUT2D eigenvalue weighted by atomic mass is 9.99. The number of aliphatic hydroxyl groups is 1. The Kier molecular flexibility index (Phi) is 7.91. The average Bonchev–Trinajstić information content (AvgIpc) is 3.72. The first-order valence-corrected chi connectivity index (χ1v) is 14.0. The number of anilines is 1. The molecule has 3 atom stereocenters. The summed E-state index contributed by atoms with van der Waals surface area (Å²) < 4.78 is 34.3. The van der Waals surface area contributed by atoms with Crippen molar-refractivity contribution in [2.45, 2.75) is 50.7 Å². The molecule has 0 unspecified atom stereocenters. The Morgan fingerprint density at radius 1 is 1.22 bits per heavy atom. The van der Waals surface area contributed by atoms with Gasteiger partial charge < -0.3 is 20.1 Å². The van der Waals surface area contributed by atoms with E-state index in [9.17, 15) is 23.1 Å². The number of para-hydroxylation sites is 1. The highest BCUT2D eigenvalue weighted by Crippen LogP contribution is 2.37. The van der Waals surface area contributed by atoms with E-state index in [0.29, 0.717) is 5.69 Å². The Morgan fingerprint density at radius 2 is 1.89 bits per heavy atom. The molecule has 0 radical (unpaired) electrons. The smallest absolute Gasteiger partial charge is 0.258 e. The third kappa shape index (κ3) is 5.81. The zero-order chi connectivity index (χ0) is 26.9. The zero-order valence-corrected chi connectivity index (χ0v) is 22.5. The second-order valence-electron chi connectivity index (χ2n) is 10.2. The lowest BCUT2D eigenvalue weighted by Gasteiger charge is -2.38. The fraction of sp³-hybridized carbons (Fsp3) is 0.481. The molecule has 37 heavy (non-hydrogen) atoms. The van der Waals surface area contributed by atoms with Gasteiger partial charge in [0.15, 0.2) is 5.75 Å². The highest BCUT2D eigenvalue weighted by Gasteiger charge is 2.37. The van der Waals surface area contributed by atoms with Crippen LogP contribution in [0.15, 0.2) is 47.4 Å². The molecule has 1 saturated carbocycles. The molecule has 2 N–H and O–H groups in total. The first kappa shape index (κ1) is 27.1. The molecule has 0 aromatic heterocycles. The van der Waals surface area contributed by atoms with Crippen molar-refractivity contribution in [1.29, 1.82) is 0 Å². The van der Waals surface area contributed by atoms with Crippen molar-refractivity contribution >= 4 is 27.5 Å². The number of hydrogen-bond donors (Lipinski definition) is 2. The van der Waals surface area contributed by atoms with Gasteiger partial charge >= 0.3 is 0 Å². The zero-order valence-electron chi connectivity index (χ0n) is 21.7. The Morgan fingerprint density at radius 3 is 2.51 bits per heavy atom. The number of fused-ring (bicyclic) bond motifs is 1. The molecule has 9 nitrogen and oxygen atoms in total. The standard InChI is InChI=1S/C27H35N3O6S/c1-17-8-12-21(13-9-17)37(34,35)29(4)15-24-18(2)14-30(19(3)16-31)27(33)22-6-5-7-23(25(22)36-24)28-26(32)20-10-11-20/h5-9,12-13,18-20,24,31H,10-11,14-16H2,1-4H3,(H,28,32)/t18-,19+,24+/m0/s1. The number of nitrogens with one attached hydrogen (secondary N) is 1. The minimum Gasteiger partial charge on any atom is -0.486 e. The molecule has 10 heteroatoms. The SMILES string of the molecule is Cc1ccc(S(=O)(=O)N(C)C[C@H]2Oc3c(NC(=O)C4CC4)cccc3C(=O)N([C@H](C)CO)C[C@@H]2C)cc1. The van der Waals surface area contributed by atoms with Gasteiger partial charge in [-0.15, -0.1) is 0 Å². The lowest BCUT2D eigenvalue weighted by Crippen LogP contribution is -2.50. The molecule has 200 valence electrons. The molecule has 1 heterocycles. The molecular formula is C27H35N3O6S. The predicted octanol–water partition coefficient (Wildman–Crippen LogP) is 2.88. The van der Waals surface area contributed by atoms with Gasteiger partial charge in [-0.2, -0.15) is 4.31 Å². The second-order valence-corrected chi connectivity index (χ2v) is 12.2. The third-order valence-electron chi connectivity index (χ3n) is 7.06. The van der Waals surface area contributed by atoms with Gasteiger partial charge in [0, 0.05) is 25.4 Å². The number of amides is 2. The summed E-state index contributed by atoms with van der Waals surface area (Å²) in [7, 11) is -2.29. The molecule has 1 fully saturated rings. The molecule has 1 aliphatic carbocycles. The molecule has 0 saturated heterocycles. The summed E-state index contributed by atoms with van der Waals surface area (Å²) in [5.41, 5.74) is 1.59. The number of aliphatic hydroxyl groups excluding tert-OH is 1. The topological polar surface area (TPSA) is 116 Å². The number of nitrogens with zero attached hydrogens (tertiary/aromatic N) is 2. The summed E-state index contributed by atoms with van der Waals surface area (Å²) >= 11 is 0. The van der Waals surface area contributed by atoms with E-state index < -0.39 is 22.2 Å². The van der Waals surface area contributed by atoms with Crippen molar-refractivity contribution in [3.05, 3.63) is 53.6 Å². The summed E-state index contributed by atoms with van der Waals surface area (Å²) in [6.45, 7) is 5.60. The van der Waals surface area contributed by atoms with E-state index in [0.717, 1.165) is 18.4 Å². The minimum atomic E-state index is -3.79. The van der Waals surface area contributed by atoms with Crippen LogP contribution in [0.3, 0.4) is 0 Å². The number of carbonyl (C=O) groups excluding carboxylic acids is 2. The van der Waals surface area contributed by atoms with Gasteiger partial charge in [-0.1, -0.05) is 30.7 Å². The first-order chi connectivity index (χ1) is 17.5. The van der Waals surface area contributed by atoms with Crippen LogP contribution < -0.4 is 10.1 Å². The average molecular weight is 530 g/mol. The highest BCUT2D eigenvalue weighted by atomic mass is 32.2. The maximum absolute atomic E-state index is 13.5. The third-order valence-corrected chi connectivity index (χ3v) is 8.90. The Bertz CT molecular complexity index is 1260. The van der Waals surface area contributed by atoms with Gasteiger partial charge in [0.2, 0.25) is 15.9 Å². The number of sulfonamides is 1. The Hall–Kier alpha value is -2.95. The van der Waals surface area contributed by atoms with Crippen LogP contribution in [-0.2, 0) is 14.8 Å². The normalized spacial score (nSPS) is 21.0. The molecule has 4 rings (SSSR count). The van der Waals surface area contributed by atoms with Crippen LogP contribution in [0, 0.1) is 18.8 Å². The fourth-order valence-corrected chi connectivity index (χ4v) is 5.56. The molecule has 2 aromatic rings. The Balaban J connectivity index is 1.70. The van der Waals surface area contributed by atoms with Crippen LogP contribution in [-0.4, -0.2) is 73.4 Å². The van der Waals surface area contributed by atoms with Crippen molar-refractivity contribution in [3.8, 4) is 5.75 Å². The molecule has 2 aromatic carbocycles. The van der Waals surface area contributed by atoms with E-state index >= 15 is 0 Å². The van der Waals surface area contributed by atoms with Crippen molar-refractivity contribution in [2.75, 3.05) is 32.1 Å². The number of rotatable bonds is 8. The summed E-state index contributed by atoms with van der Waals surface area (Å²) in [6.07, 6.45) is 1.01. The summed E-state index contributed by atoms with van der Waals surface area (Å²) in [5, 5.41) is 12.7. The van der Waals surface area contributed by atoms with E-state index in [2.05, 4.69) is 5.32 Å². The first-order valence-electron chi connectivity index (χ1n) is 12.6. The molecule has 2 amide bonds. The van der Waals surface area contributed by atoms with Crippen LogP contribution >= 0.6 is 0 Å². The number of ether oxygens (including phenoxy) is 1. The van der Waals surface area contributed by atoms with Gasteiger partial charge in [-0.25, -0.2) is 8.42 Å². The Labute approximate surface area is 218 Å². The van der Waals surface area contributed by atoms with E-state index in [1.165, 1.54) is 11.4 Å². The molecular weight excluding hydrogens is 494 g/mol. The van der Waals surface area contributed by atoms with Crippen molar-refractivity contribution < 1.29 is 27.9 Å². The number of hydrogen-bond acceptors (Lipinski definition) is 6. The summed E-state index contributed by atoms with van der Waals surface area (Å²) in [4.78, 5) is 27.9. The van der Waals surface area contributed by atoms with Gasteiger partial charge in [0.05, 0.1) is 35.3 Å². The van der Waals surface area contributed by atoms with E-state index in [1.807, 2.05) is 13.8 Å². The monoisotopic (exact) mass is 529 g/mol. The number of benzene rings is 2. The van der Waals surface area contributed by atoms with Crippen molar-refractivity contribution in [1.82, 2.24) is 9.21 Å². The van der Waals surface area contributed by atoms with Crippen LogP contribution in [0.5, 0.6) is 5.75 Å². The minimum absolute atomic E-state index is 0.0251. The van der Waals surface area contributed by atoms with Gasteiger partial charge in [0.25, 0.3) is 5.91 Å². The highest BCUT2D eigenvalue weighted by molar-refractivity contribution is 7.89. The number of likely N-dealkylation sites (N-methyl/N-ethyl adjacent to an activating group) is 1. The number of carbonyl (C=O) groups is 2. The fourth-order valence-electron chi connectivity index (χ4n) is 4.38. The van der Waals surface area contributed by atoms with Gasteiger partial charge in [0.1, 0.15) is 6.10 Å². The van der Waals surface area contributed by atoms with Gasteiger partial charge in [-0.3, -0.25) is 9.59 Å². The van der Waals surface area contributed by atoms with Gasteiger partial charge in [-0.05, 0) is 51.0 Å². The maximum Gasteiger partial charge on any atom is 0.258 e. The molecule has 0 bridgehead atoms. The molecule has 1 aliphatic heterocycles. The van der Waals surface area contributed by atoms with Crippen molar-refractivity contribution in [3.63, 3.8) is 0 Å². The summed E-state index contributed by atoms with van der Waals surface area (Å²) in [6, 6.07) is 11.2. The lowest BCUT2D eigenvalue weighted by molar-refractivity contribution is -0.117. The van der Waals surface area contributed by atoms with Crippen LogP contribution in [0.4, 0.5) is 5.69 Å². The van der Waals surface area contributed by atoms with Crippen LogP contribution in [0.1, 0.15) is 42.6 Å². The predicted molar refractivity (Wildman–Crippen MR) is 140 cm³/mol. The van der Waals surface area contributed by atoms with Crippen LogP contribution in [0.25, 0.3) is 0 Å². The second kappa shape index (κ2) is 10.8. The largest absolute Gasteiger partial charge is 0.486 e. The maximum atomic E-state index is 13.5. The molecule has 0 spiro atoms. The molecule has 2 aliphatic rings. The van der Waals surface area contributed by atoms with E-state index in [-0.39, 0.29) is 59.6 Å². The van der Waals surface area contributed by atoms with Crippen molar-refractivity contribution in [2.24, 2.45) is 11.8 Å².